The molecule has 32 heavy (non-hydrogen) atoms. The van der Waals surface area contributed by atoms with Crippen LogP contribution in [-0.4, -0.2) is 62.1 Å². The van der Waals surface area contributed by atoms with E-state index in [0.29, 0.717) is 5.75 Å². The second kappa shape index (κ2) is 8.76. The lowest BCUT2D eigenvalue weighted by Crippen LogP contribution is -2.47. The zero-order valence-electron chi connectivity index (χ0n) is 17.9. The molecule has 4 aromatic rings. The molecule has 5 rings (SSSR count). The zero-order valence-corrected chi connectivity index (χ0v) is 17.9. The minimum Gasteiger partial charge on any atom is -0.457 e. The molecule has 1 fully saturated rings. The number of rotatable bonds is 5. The van der Waals surface area contributed by atoms with Gasteiger partial charge in [-0.05, 0) is 48.0 Å². The highest BCUT2D eigenvalue weighted by Crippen LogP contribution is 2.26. The van der Waals surface area contributed by atoms with Gasteiger partial charge in [0, 0.05) is 51.9 Å². The standard InChI is InChI=1S/C24H24N6O2/c1-17(31)30-12-10-29(11-13-30)16-19-15-25-24-14-21(6-7-23(24)27-19)32-20-4-2-18(3-5-20)22-8-9-26-28-22/h2-9,14-15H,10-13,16H2,1H3,(H,26,28). The summed E-state index contributed by atoms with van der Waals surface area (Å²) in [5, 5.41) is 6.93. The van der Waals surface area contributed by atoms with Gasteiger partial charge < -0.3 is 9.64 Å². The Kier molecular flexibility index (Phi) is 5.51. The van der Waals surface area contributed by atoms with E-state index in [0.717, 1.165) is 66.5 Å². The van der Waals surface area contributed by atoms with E-state index in [-0.39, 0.29) is 5.91 Å². The number of nitrogens with zero attached hydrogens (tertiary/aromatic N) is 5. The van der Waals surface area contributed by atoms with Crippen LogP contribution in [0.5, 0.6) is 11.5 Å². The Bertz CT molecular complexity index is 1220. The molecule has 2 aromatic carbocycles. The number of fused-ring (bicyclic) bond motifs is 1. The molecule has 1 aliphatic rings. The number of amides is 1. The van der Waals surface area contributed by atoms with E-state index in [4.69, 9.17) is 9.72 Å². The second-order valence-corrected chi connectivity index (χ2v) is 7.89. The molecular weight excluding hydrogens is 404 g/mol. The van der Waals surface area contributed by atoms with Gasteiger partial charge in [0.05, 0.1) is 28.6 Å². The summed E-state index contributed by atoms with van der Waals surface area (Å²) in [5.41, 5.74) is 4.58. The number of benzene rings is 2. The summed E-state index contributed by atoms with van der Waals surface area (Å²) in [7, 11) is 0. The number of carbonyl (C=O) groups is 1. The number of nitrogens with one attached hydrogen (secondary N) is 1. The SMILES string of the molecule is CC(=O)N1CCN(Cc2cnc3cc(Oc4ccc(-c5ccn[nH]5)cc4)ccc3n2)CC1. The van der Waals surface area contributed by atoms with Crippen LogP contribution in [0.15, 0.2) is 60.9 Å². The smallest absolute Gasteiger partial charge is 0.219 e. The van der Waals surface area contributed by atoms with Crippen LogP contribution in [0, 0.1) is 0 Å². The van der Waals surface area contributed by atoms with Crippen molar-refractivity contribution in [3.8, 4) is 22.8 Å². The third kappa shape index (κ3) is 4.45. The van der Waals surface area contributed by atoms with Gasteiger partial charge in [0.2, 0.25) is 5.91 Å². The lowest BCUT2D eigenvalue weighted by atomic mass is 10.1. The van der Waals surface area contributed by atoms with Crippen LogP contribution >= 0.6 is 0 Å². The largest absolute Gasteiger partial charge is 0.457 e. The fourth-order valence-corrected chi connectivity index (χ4v) is 3.87. The van der Waals surface area contributed by atoms with E-state index in [1.165, 1.54) is 0 Å². The highest BCUT2D eigenvalue weighted by atomic mass is 16.5. The van der Waals surface area contributed by atoms with Crippen LogP contribution in [0.3, 0.4) is 0 Å². The topological polar surface area (TPSA) is 87.2 Å². The van der Waals surface area contributed by atoms with E-state index < -0.39 is 0 Å². The minimum absolute atomic E-state index is 0.141. The maximum Gasteiger partial charge on any atom is 0.219 e. The fraction of sp³-hybridized carbons (Fsp3) is 0.250. The highest BCUT2D eigenvalue weighted by Gasteiger charge is 2.19. The first kappa shape index (κ1) is 20.1. The van der Waals surface area contributed by atoms with Crippen LogP contribution in [0.1, 0.15) is 12.6 Å². The van der Waals surface area contributed by atoms with Crippen molar-refractivity contribution in [3.05, 3.63) is 66.6 Å². The van der Waals surface area contributed by atoms with Crippen molar-refractivity contribution in [2.75, 3.05) is 26.2 Å². The van der Waals surface area contributed by atoms with Gasteiger partial charge in [-0.1, -0.05) is 0 Å². The summed E-state index contributed by atoms with van der Waals surface area (Å²) in [6.07, 6.45) is 3.55. The first-order valence-electron chi connectivity index (χ1n) is 10.7. The molecule has 1 aliphatic heterocycles. The van der Waals surface area contributed by atoms with Crippen molar-refractivity contribution in [1.29, 1.82) is 0 Å². The highest BCUT2D eigenvalue weighted by molar-refractivity contribution is 5.76. The Morgan fingerprint density at radius 1 is 1.00 bits per heavy atom. The van der Waals surface area contributed by atoms with Crippen molar-refractivity contribution in [2.45, 2.75) is 13.5 Å². The molecule has 2 aromatic heterocycles. The Morgan fingerprint density at radius 2 is 1.78 bits per heavy atom. The van der Waals surface area contributed by atoms with Gasteiger partial charge >= 0.3 is 0 Å². The fourth-order valence-electron chi connectivity index (χ4n) is 3.87. The maximum atomic E-state index is 11.5. The average molecular weight is 428 g/mol. The minimum atomic E-state index is 0.141. The Hall–Kier alpha value is -3.78. The summed E-state index contributed by atoms with van der Waals surface area (Å²) >= 11 is 0. The van der Waals surface area contributed by atoms with E-state index in [1.807, 2.05) is 59.6 Å². The van der Waals surface area contributed by atoms with Gasteiger partial charge in [-0.15, -0.1) is 0 Å². The summed E-state index contributed by atoms with van der Waals surface area (Å²) in [5.74, 6) is 1.61. The molecule has 162 valence electrons. The Balaban J connectivity index is 1.24. The molecule has 1 amide bonds. The number of hydrogen-bond acceptors (Lipinski definition) is 6. The van der Waals surface area contributed by atoms with Crippen LogP contribution < -0.4 is 4.74 Å². The molecule has 0 saturated carbocycles. The lowest BCUT2D eigenvalue weighted by molar-refractivity contribution is -0.130. The number of carbonyl (C=O) groups excluding carboxylic acids is 1. The van der Waals surface area contributed by atoms with E-state index >= 15 is 0 Å². The number of aromatic nitrogens is 4. The lowest BCUT2D eigenvalue weighted by Gasteiger charge is -2.33. The molecule has 0 radical (unpaired) electrons. The number of aromatic amines is 1. The first-order valence-corrected chi connectivity index (χ1v) is 10.7. The molecule has 8 nitrogen and oxygen atoms in total. The molecule has 1 saturated heterocycles. The van der Waals surface area contributed by atoms with E-state index in [1.54, 1.807) is 13.1 Å². The predicted molar refractivity (Wildman–Crippen MR) is 121 cm³/mol. The number of H-pyrrole nitrogens is 1. The van der Waals surface area contributed by atoms with Crippen LogP contribution in [0.25, 0.3) is 22.3 Å². The van der Waals surface area contributed by atoms with E-state index in [9.17, 15) is 4.79 Å². The van der Waals surface area contributed by atoms with Crippen molar-refractivity contribution < 1.29 is 9.53 Å². The van der Waals surface area contributed by atoms with Crippen LogP contribution in [-0.2, 0) is 11.3 Å². The van der Waals surface area contributed by atoms with Gasteiger partial charge in [-0.2, -0.15) is 5.10 Å². The molecule has 1 N–H and O–H groups in total. The third-order valence-corrected chi connectivity index (χ3v) is 5.67. The van der Waals surface area contributed by atoms with Crippen LogP contribution in [0.2, 0.25) is 0 Å². The summed E-state index contributed by atoms with van der Waals surface area (Å²) in [6, 6.07) is 15.5. The predicted octanol–water partition coefficient (Wildman–Crippen LogP) is 3.48. The maximum absolute atomic E-state index is 11.5. The average Bonchev–Trinajstić information content (AvgIpc) is 3.35. The molecule has 0 aliphatic carbocycles. The first-order chi connectivity index (χ1) is 15.6. The number of piperazine rings is 1. The summed E-state index contributed by atoms with van der Waals surface area (Å²) < 4.78 is 6.01. The third-order valence-electron chi connectivity index (χ3n) is 5.67. The van der Waals surface area contributed by atoms with Gasteiger partial charge in [0.1, 0.15) is 11.5 Å². The van der Waals surface area contributed by atoms with Crippen molar-refractivity contribution >= 4 is 16.9 Å². The van der Waals surface area contributed by atoms with Gasteiger partial charge in [0.25, 0.3) is 0 Å². The molecule has 0 unspecified atom stereocenters. The van der Waals surface area contributed by atoms with Gasteiger partial charge in [-0.3, -0.25) is 19.8 Å². The van der Waals surface area contributed by atoms with E-state index in [2.05, 4.69) is 20.1 Å². The molecule has 8 heteroatoms. The number of ether oxygens (including phenoxy) is 1. The van der Waals surface area contributed by atoms with Crippen molar-refractivity contribution in [1.82, 2.24) is 30.0 Å². The van der Waals surface area contributed by atoms with Crippen molar-refractivity contribution in [2.24, 2.45) is 0 Å². The quantitative estimate of drug-likeness (QED) is 0.524. The zero-order chi connectivity index (χ0) is 21.9. The summed E-state index contributed by atoms with van der Waals surface area (Å²) in [6.45, 7) is 5.59. The monoisotopic (exact) mass is 428 g/mol. The number of hydrogen-bond donors (Lipinski definition) is 1. The molecule has 0 atom stereocenters. The molecular formula is C24H24N6O2. The summed E-state index contributed by atoms with van der Waals surface area (Å²) in [4.78, 5) is 25.0. The Labute approximate surface area is 185 Å². The second-order valence-electron chi connectivity index (χ2n) is 7.89. The Morgan fingerprint density at radius 3 is 2.50 bits per heavy atom. The molecule has 0 bridgehead atoms. The molecule has 3 heterocycles. The van der Waals surface area contributed by atoms with Crippen molar-refractivity contribution in [3.63, 3.8) is 0 Å². The van der Waals surface area contributed by atoms with Gasteiger partial charge in [0.15, 0.2) is 0 Å². The van der Waals surface area contributed by atoms with Crippen LogP contribution in [0.4, 0.5) is 0 Å². The van der Waals surface area contributed by atoms with Gasteiger partial charge in [-0.25, -0.2) is 4.98 Å². The normalized spacial score (nSPS) is 14.6. The molecule has 0 spiro atoms.